The summed E-state index contributed by atoms with van der Waals surface area (Å²) < 4.78 is 4.03. The minimum atomic E-state index is 0.496. The minimum Gasteiger partial charge on any atom is -0.368 e. The quantitative estimate of drug-likeness (QED) is 0.721. The van der Waals surface area contributed by atoms with Crippen LogP contribution in [0.3, 0.4) is 0 Å². The van der Waals surface area contributed by atoms with Gasteiger partial charge < -0.3 is 5.73 Å². The van der Waals surface area contributed by atoms with Crippen LogP contribution >= 0.6 is 11.8 Å². The number of nitrogen functional groups attached to an aromatic ring is 1. The van der Waals surface area contributed by atoms with Crippen LogP contribution in [-0.2, 0) is 5.75 Å². The maximum atomic E-state index is 5.92. The first kappa shape index (κ1) is 15.3. The highest BCUT2D eigenvalue weighted by atomic mass is 32.2. The first-order valence-corrected chi connectivity index (χ1v) is 9.06. The smallest absolute Gasteiger partial charge is 0.222 e. The number of aromatic nitrogens is 5. The summed E-state index contributed by atoms with van der Waals surface area (Å²) in [7, 11) is 0. The molecule has 0 bridgehead atoms. The number of thioether (sulfide) groups is 1. The molecule has 0 aliphatic heterocycles. The lowest BCUT2D eigenvalue weighted by Gasteiger charge is -2.07. The Kier molecular flexibility index (Phi) is 3.80. The van der Waals surface area contributed by atoms with E-state index in [0.717, 1.165) is 28.0 Å². The molecule has 0 unspecified atom stereocenters. The highest BCUT2D eigenvalue weighted by molar-refractivity contribution is 7.98. The van der Waals surface area contributed by atoms with Gasteiger partial charge in [-0.2, -0.15) is 5.10 Å². The minimum absolute atomic E-state index is 0.496. The lowest BCUT2D eigenvalue weighted by Crippen LogP contribution is -2.02. The first-order chi connectivity index (χ1) is 11.6. The van der Waals surface area contributed by atoms with Gasteiger partial charge in [-0.25, -0.2) is 4.68 Å². The van der Waals surface area contributed by atoms with Gasteiger partial charge in [-0.1, -0.05) is 23.9 Å². The van der Waals surface area contributed by atoms with Crippen molar-refractivity contribution < 1.29 is 0 Å². The molecule has 124 valence electrons. The second-order valence-corrected chi connectivity index (χ2v) is 7.18. The van der Waals surface area contributed by atoms with Crippen molar-refractivity contribution >= 4 is 17.7 Å². The Bertz CT molecular complexity index is 860. The number of aryl methyl sites for hydroxylation is 2. The average molecular weight is 340 g/mol. The Balaban J connectivity index is 1.47. The summed E-state index contributed by atoms with van der Waals surface area (Å²) in [6.07, 6.45) is 2.35. The summed E-state index contributed by atoms with van der Waals surface area (Å²) >= 11 is 1.69. The Morgan fingerprint density at radius 3 is 2.54 bits per heavy atom. The molecule has 6 nitrogen and oxygen atoms in total. The zero-order valence-corrected chi connectivity index (χ0v) is 14.6. The van der Waals surface area contributed by atoms with E-state index in [2.05, 4.69) is 57.1 Å². The van der Waals surface area contributed by atoms with Crippen LogP contribution in [0.4, 0.5) is 5.95 Å². The van der Waals surface area contributed by atoms with E-state index in [0.29, 0.717) is 12.0 Å². The lowest BCUT2D eigenvalue weighted by atomic mass is 10.2. The summed E-state index contributed by atoms with van der Waals surface area (Å²) in [5.41, 5.74) is 10.4. The van der Waals surface area contributed by atoms with Gasteiger partial charge in [0.2, 0.25) is 5.95 Å². The molecule has 2 N–H and O–H groups in total. The van der Waals surface area contributed by atoms with E-state index in [1.165, 1.54) is 18.4 Å². The van der Waals surface area contributed by atoms with Gasteiger partial charge in [0.05, 0.1) is 11.4 Å². The highest BCUT2D eigenvalue weighted by Crippen LogP contribution is 2.39. The fraction of sp³-hybridized carbons (Fsp3) is 0.353. The molecule has 1 aliphatic rings. The molecule has 0 saturated heterocycles. The molecule has 0 atom stereocenters. The third-order valence-corrected chi connectivity index (χ3v) is 5.18. The van der Waals surface area contributed by atoms with Crippen molar-refractivity contribution in [1.29, 1.82) is 0 Å². The number of hydrogen-bond acceptors (Lipinski definition) is 5. The second-order valence-electron chi connectivity index (χ2n) is 6.24. The predicted octanol–water partition coefficient (Wildman–Crippen LogP) is 3.29. The van der Waals surface area contributed by atoms with Crippen LogP contribution in [0.1, 0.15) is 35.8 Å². The maximum Gasteiger partial charge on any atom is 0.222 e. The molecule has 0 spiro atoms. The molecule has 0 amide bonds. The standard InChI is InChI=1S/C17H20N6S/c1-11-9-12(2)23(21-11)15-5-3-13(4-6-15)10-24-17-20-19-16(18)22(17)14-7-8-14/h3-6,9,14H,7-8,10H2,1-2H3,(H2,18,19). The maximum absolute atomic E-state index is 5.92. The SMILES string of the molecule is Cc1cc(C)n(-c2ccc(CSc3nnc(N)n3C3CC3)cc2)n1. The van der Waals surface area contributed by atoms with E-state index in [1.807, 2.05) is 11.6 Å². The van der Waals surface area contributed by atoms with Crippen molar-refractivity contribution in [1.82, 2.24) is 24.5 Å². The Hall–Kier alpha value is -2.28. The van der Waals surface area contributed by atoms with Crippen LogP contribution < -0.4 is 5.73 Å². The molecule has 2 aromatic heterocycles. The van der Waals surface area contributed by atoms with Crippen molar-refractivity contribution in [2.24, 2.45) is 0 Å². The molecule has 3 aromatic rings. The first-order valence-electron chi connectivity index (χ1n) is 8.07. The molecule has 7 heteroatoms. The average Bonchev–Trinajstić information content (AvgIpc) is 3.25. The van der Waals surface area contributed by atoms with Crippen molar-refractivity contribution in [2.45, 2.75) is 43.6 Å². The van der Waals surface area contributed by atoms with E-state index in [9.17, 15) is 0 Å². The molecule has 1 saturated carbocycles. The fourth-order valence-electron chi connectivity index (χ4n) is 2.83. The van der Waals surface area contributed by atoms with E-state index >= 15 is 0 Å². The molecular formula is C17H20N6S. The zero-order chi connectivity index (χ0) is 16.7. The van der Waals surface area contributed by atoms with Gasteiger partial charge in [-0.3, -0.25) is 4.57 Å². The summed E-state index contributed by atoms with van der Waals surface area (Å²) in [6.45, 7) is 4.08. The largest absolute Gasteiger partial charge is 0.368 e. The Morgan fingerprint density at radius 2 is 1.92 bits per heavy atom. The molecule has 1 fully saturated rings. The summed E-state index contributed by atoms with van der Waals surface area (Å²) in [6, 6.07) is 11.1. The van der Waals surface area contributed by atoms with E-state index in [-0.39, 0.29) is 0 Å². The number of nitrogens with zero attached hydrogens (tertiary/aromatic N) is 5. The van der Waals surface area contributed by atoms with Crippen molar-refractivity contribution in [2.75, 3.05) is 5.73 Å². The van der Waals surface area contributed by atoms with Crippen molar-refractivity contribution in [3.05, 3.63) is 47.3 Å². The monoisotopic (exact) mass is 340 g/mol. The van der Waals surface area contributed by atoms with Crippen LogP contribution in [0.5, 0.6) is 0 Å². The van der Waals surface area contributed by atoms with Crippen LogP contribution in [0.15, 0.2) is 35.5 Å². The number of benzene rings is 1. The molecule has 0 radical (unpaired) electrons. The van der Waals surface area contributed by atoms with Gasteiger partial charge in [0.15, 0.2) is 5.16 Å². The highest BCUT2D eigenvalue weighted by Gasteiger charge is 2.28. The fourth-order valence-corrected chi connectivity index (χ4v) is 3.80. The van der Waals surface area contributed by atoms with Crippen molar-refractivity contribution in [3.8, 4) is 5.69 Å². The Morgan fingerprint density at radius 1 is 1.17 bits per heavy atom. The molecule has 24 heavy (non-hydrogen) atoms. The molecule has 1 aromatic carbocycles. The topological polar surface area (TPSA) is 74.6 Å². The summed E-state index contributed by atoms with van der Waals surface area (Å²) in [4.78, 5) is 0. The number of anilines is 1. The van der Waals surface area contributed by atoms with E-state index in [4.69, 9.17) is 5.73 Å². The number of hydrogen-bond donors (Lipinski definition) is 1. The Labute approximate surface area is 145 Å². The van der Waals surface area contributed by atoms with Gasteiger partial charge in [-0.15, -0.1) is 10.2 Å². The van der Waals surface area contributed by atoms with Gasteiger partial charge in [-0.05, 0) is 50.5 Å². The normalized spacial score (nSPS) is 14.2. The van der Waals surface area contributed by atoms with Crippen LogP contribution in [0, 0.1) is 13.8 Å². The lowest BCUT2D eigenvalue weighted by molar-refractivity contribution is 0.671. The van der Waals surface area contributed by atoms with Gasteiger partial charge in [0, 0.05) is 17.5 Å². The van der Waals surface area contributed by atoms with Crippen LogP contribution in [0.25, 0.3) is 5.69 Å². The summed E-state index contributed by atoms with van der Waals surface area (Å²) in [5.74, 6) is 1.38. The second kappa shape index (κ2) is 5.98. The van der Waals surface area contributed by atoms with Gasteiger partial charge >= 0.3 is 0 Å². The molecule has 1 aliphatic carbocycles. The van der Waals surface area contributed by atoms with Gasteiger partial charge in [0.25, 0.3) is 0 Å². The number of nitrogens with two attached hydrogens (primary N) is 1. The number of rotatable bonds is 5. The van der Waals surface area contributed by atoms with Crippen molar-refractivity contribution in [3.63, 3.8) is 0 Å². The van der Waals surface area contributed by atoms with E-state index in [1.54, 1.807) is 11.8 Å². The van der Waals surface area contributed by atoms with Gasteiger partial charge in [0.1, 0.15) is 0 Å². The third kappa shape index (κ3) is 2.91. The molecule has 4 rings (SSSR count). The predicted molar refractivity (Wildman–Crippen MR) is 95.3 cm³/mol. The third-order valence-electron chi connectivity index (χ3n) is 4.16. The van der Waals surface area contributed by atoms with Crippen LogP contribution in [0.2, 0.25) is 0 Å². The van der Waals surface area contributed by atoms with Crippen LogP contribution in [-0.4, -0.2) is 24.5 Å². The zero-order valence-electron chi connectivity index (χ0n) is 13.8. The molecule has 2 heterocycles. The summed E-state index contributed by atoms with van der Waals surface area (Å²) in [5, 5.41) is 13.7. The van der Waals surface area contributed by atoms with E-state index < -0.39 is 0 Å². The molecular weight excluding hydrogens is 320 g/mol.